The second-order valence-electron chi connectivity index (χ2n) is 5.00. The number of likely N-dealkylation sites (N-methyl/N-ethyl adjacent to an activating group) is 1. The molecule has 0 fully saturated rings. The fourth-order valence-electron chi connectivity index (χ4n) is 2.23. The molecule has 0 radical (unpaired) electrons. The number of hydrogen-bond donors (Lipinski definition) is 1. The lowest BCUT2D eigenvalue weighted by Gasteiger charge is -2.23. The first-order chi connectivity index (χ1) is 11.0. The number of pyridine rings is 1. The van der Waals surface area contributed by atoms with E-state index < -0.39 is 10.0 Å². The molecule has 1 heterocycles. The molecule has 23 heavy (non-hydrogen) atoms. The minimum absolute atomic E-state index is 0.00977. The number of aliphatic hydroxyl groups excluding tert-OH is 1. The number of aromatic nitrogens is 1. The van der Waals surface area contributed by atoms with E-state index in [2.05, 4.69) is 4.98 Å². The summed E-state index contributed by atoms with van der Waals surface area (Å²) in [7, 11) is -1.87. The minimum atomic E-state index is -3.66. The van der Waals surface area contributed by atoms with E-state index in [-0.39, 0.29) is 11.5 Å². The predicted octanol–water partition coefficient (Wildman–Crippen LogP) is 1.73. The fraction of sp³-hybridized carbons (Fsp3) is 0.312. The molecule has 0 amide bonds. The number of hydrogen-bond acceptors (Lipinski definition) is 5. The smallest absolute Gasteiger partial charge is 0.265 e. The van der Waals surface area contributed by atoms with E-state index in [0.717, 1.165) is 0 Å². The molecule has 0 saturated carbocycles. The van der Waals surface area contributed by atoms with Crippen molar-refractivity contribution in [2.75, 3.05) is 35.9 Å². The van der Waals surface area contributed by atoms with Crippen molar-refractivity contribution in [1.82, 2.24) is 4.98 Å². The second kappa shape index (κ2) is 7.43. The van der Waals surface area contributed by atoms with Gasteiger partial charge in [0.05, 0.1) is 12.3 Å². The minimum Gasteiger partial charge on any atom is -0.395 e. The van der Waals surface area contributed by atoms with E-state index in [9.17, 15) is 8.42 Å². The van der Waals surface area contributed by atoms with Crippen molar-refractivity contribution in [3.63, 3.8) is 0 Å². The van der Waals surface area contributed by atoms with Crippen LogP contribution in [0.2, 0.25) is 0 Å². The van der Waals surface area contributed by atoms with E-state index in [4.69, 9.17) is 5.11 Å². The third-order valence-corrected chi connectivity index (χ3v) is 5.35. The van der Waals surface area contributed by atoms with Gasteiger partial charge in [0.15, 0.2) is 0 Å². The molecule has 124 valence electrons. The van der Waals surface area contributed by atoms with Gasteiger partial charge in [0.1, 0.15) is 10.7 Å². The first-order valence-corrected chi connectivity index (χ1v) is 8.80. The Kier molecular flexibility index (Phi) is 5.57. The molecule has 0 saturated heterocycles. The number of nitrogens with zero attached hydrogens (tertiary/aromatic N) is 3. The van der Waals surface area contributed by atoms with Crippen molar-refractivity contribution in [1.29, 1.82) is 0 Å². The molecule has 6 nitrogen and oxygen atoms in total. The SMILES string of the molecule is CCN(c1ccccc1)S(=O)(=O)c1ccc(N(C)CCO)nc1. The van der Waals surface area contributed by atoms with Crippen LogP contribution in [0.5, 0.6) is 0 Å². The van der Waals surface area contributed by atoms with E-state index in [1.165, 1.54) is 16.6 Å². The van der Waals surface area contributed by atoms with Gasteiger partial charge in [-0.2, -0.15) is 0 Å². The zero-order valence-electron chi connectivity index (χ0n) is 13.3. The van der Waals surface area contributed by atoms with Crippen LogP contribution in [0.1, 0.15) is 6.92 Å². The number of anilines is 2. The molecular formula is C16H21N3O3S. The van der Waals surface area contributed by atoms with Gasteiger partial charge in [0.2, 0.25) is 0 Å². The van der Waals surface area contributed by atoms with Crippen LogP contribution in [-0.4, -0.2) is 45.3 Å². The van der Waals surface area contributed by atoms with Gasteiger partial charge >= 0.3 is 0 Å². The van der Waals surface area contributed by atoms with Crippen molar-refractivity contribution in [3.05, 3.63) is 48.7 Å². The molecule has 2 aromatic rings. The Balaban J connectivity index is 2.32. The van der Waals surface area contributed by atoms with Gasteiger partial charge in [-0.1, -0.05) is 18.2 Å². The highest BCUT2D eigenvalue weighted by Crippen LogP contribution is 2.23. The Morgan fingerprint density at radius 2 is 1.83 bits per heavy atom. The average Bonchev–Trinajstić information content (AvgIpc) is 2.56. The van der Waals surface area contributed by atoms with E-state index in [1.807, 2.05) is 6.07 Å². The lowest BCUT2D eigenvalue weighted by Crippen LogP contribution is -2.31. The maximum Gasteiger partial charge on any atom is 0.265 e. The summed E-state index contributed by atoms with van der Waals surface area (Å²) in [4.78, 5) is 6.08. The van der Waals surface area contributed by atoms with Crippen LogP contribution in [0.3, 0.4) is 0 Å². The Hall–Kier alpha value is -2.12. The summed E-state index contributed by atoms with van der Waals surface area (Å²) in [6.45, 7) is 2.57. The van der Waals surface area contributed by atoms with Crippen LogP contribution in [0.25, 0.3) is 0 Å². The molecule has 0 bridgehead atoms. The zero-order valence-corrected chi connectivity index (χ0v) is 14.1. The van der Waals surface area contributed by atoms with Crippen LogP contribution in [0, 0.1) is 0 Å². The fourth-order valence-corrected chi connectivity index (χ4v) is 3.65. The third kappa shape index (κ3) is 3.80. The van der Waals surface area contributed by atoms with Gasteiger partial charge < -0.3 is 10.0 Å². The Morgan fingerprint density at radius 1 is 1.13 bits per heavy atom. The number of para-hydroxylation sites is 1. The van der Waals surface area contributed by atoms with Crippen molar-refractivity contribution in [2.24, 2.45) is 0 Å². The van der Waals surface area contributed by atoms with Gasteiger partial charge in [-0.15, -0.1) is 0 Å². The standard InChI is InChI=1S/C16H21N3O3S/c1-3-19(14-7-5-4-6-8-14)23(21,22)15-9-10-16(17-13-15)18(2)11-12-20/h4-10,13,20H,3,11-12H2,1-2H3. The maximum absolute atomic E-state index is 12.8. The van der Waals surface area contributed by atoms with Gasteiger partial charge in [-0.3, -0.25) is 4.31 Å². The Labute approximate surface area is 137 Å². The molecule has 0 unspecified atom stereocenters. The molecule has 0 atom stereocenters. The van der Waals surface area contributed by atoms with Crippen LogP contribution in [0.15, 0.2) is 53.6 Å². The number of sulfonamides is 1. The van der Waals surface area contributed by atoms with Gasteiger partial charge in [0, 0.05) is 26.3 Å². The Bertz CT molecular complexity index is 718. The third-order valence-electron chi connectivity index (χ3n) is 3.47. The summed E-state index contributed by atoms with van der Waals surface area (Å²) in [5.74, 6) is 0.612. The molecule has 1 aromatic heterocycles. The monoisotopic (exact) mass is 335 g/mol. The molecule has 1 aromatic carbocycles. The van der Waals surface area contributed by atoms with Crippen LogP contribution in [-0.2, 0) is 10.0 Å². The molecule has 0 aliphatic carbocycles. The molecular weight excluding hydrogens is 314 g/mol. The topological polar surface area (TPSA) is 73.7 Å². The summed E-state index contributed by atoms with van der Waals surface area (Å²) < 4.78 is 27.0. The summed E-state index contributed by atoms with van der Waals surface area (Å²) in [5, 5.41) is 8.94. The van der Waals surface area contributed by atoms with Crippen LogP contribution in [0.4, 0.5) is 11.5 Å². The number of rotatable bonds is 7. The lowest BCUT2D eigenvalue weighted by atomic mass is 10.3. The highest BCUT2D eigenvalue weighted by atomic mass is 32.2. The highest BCUT2D eigenvalue weighted by molar-refractivity contribution is 7.92. The van der Waals surface area contributed by atoms with E-state index in [0.29, 0.717) is 24.6 Å². The largest absolute Gasteiger partial charge is 0.395 e. The van der Waals surface area contributed by atoms with Gasteiger partial charge in [-0.25, -0.2) is 13.4 Å². The van der Waals surface area contributed by atoms with Crippen molar-refractivity contribution in [2.45, 2.75) is 11.8 Å². The second-order valence-corrected chi connectivity index (χ2v) is 6.86. The van der Waals surface area contributed by atoms with E-state index in [1.54, 1.807) is 49.2 Å². The van der Waals surface area contributed by atoms with Crippen LogP contribution < -0.4 is 9.21 Å². The first-order valence-electron chi connectivity index (χ1n) is 7.36. The van der Waals surface area contributed by atoms with Gasteiger partial charge in [-0.05, 0) is 31.2 Å². The van der Waals surface area contributed by atoms with Gasteiger partial charge in [0.25, 0.3) is 10.0 Å². The van der Waals surface area contributed by atoms with E-state index >= 15 is 0 Å². The summed E-state index contributed by atoms with van der Waals surface area (Å²) in [5.41, 5.74) is 0.622. The molecule has 1 N–H and O–H groups in total. The normalized spacial score (nSPS) is 11.3. The average molecular weight is 335 g/mol. The summed E-state index contributed by atoms with van der Waals surface area (Å²) >= 11 is 0. The lowest BCUT2D eigenvalue weighted by molar-refractivity contribution is 0.304. The van der Waals surface area contributed by atoms with Crippen molar-refractivity contribution < 1.29 is 13.5 Å². The predicted molar refractivity (Wildman–Crippen MR) is 91.2 cm³/mol. The quantitative estimate of drug-likeness (QED) is 0.834. The maximum atomic E-state index is 12.8. The highest BCUT2D eigenvalue weighted by Gasteiger charge is 2.23. The van der Waals surface area contributed by atoms with Crippen molar-refractivity contribution >= 4 is 21.5 Å². The van der Waals surface area contributed by atoms with Crippen molar-refractivity contribution in [3.8, 4) is 0 Å². The molecule has 2 rings (SSSR count). The Morgan fingerprint density at radius 3 is 2.35 bits per heavy atom. The summed E-state index contributed by atoms with van der Waals surface area (Å²) in [6, 6.07) is 12.2. The summed E-state index contributed by atoms with van der Waals surface area (Å²) in [6.07, 6.45) is 1.35. The number of aliphatic hydroxyl groups is 1. The molecule has 7 heteroatoms. The molecule has 0 aliphatic rings. The number of benzene rings is 1. The molecule has 0 spiro atoms. The van der Waals surface area contributed by atoms with Crippen LogP contribution >= 0.6 is 0 Å². The first kappa shape index (κ1) is 17.2. The zero-order chi connectivity index (χ0) is 16.9. The molecule has 0 aliphatic heterocycles.